The normalized spacial score (nSPS) is 18.9. The number of hydrogen-bond donors (Lipinski definition) is 1. The van der Waals surface area contributed by atoms with Gasteiger partial charge in [0.2, 0.25) is 5.91 Å². The quantitative estimate of drug-likeness (QED) is 0.919. The predicted molar refractivity (Wildman–Crippen MR) is 78.8 cm³/mol. The number of rotatable bonds is 4. The van der Waals surface area contributed by atoms with Crippen LogP contribution in [0.3, 0.4) is 0 Å². The molecule has 1 amide bonds. The molecule has 1 aliphatic heterocycles. The van der Waals surface area contributed by atoms with E-state index in [0.717, 1.165) is 30.4 Å². The molecule has 0 radical (unpaired) electrons. The number of carbonyl (C=O) groups excluding carboxylic acids is 1. The number of carbonyl (C=O) groups is 1. The lowest BCUT2D eigenvalue weighted by Gasteiger charge is -2.23. The maximum atomic E-state index is 12.2. The summed E-state index contributed by atoms with van der Waals surface area (Å²) in [5.41, 5.74) is 0. The molecule has 1 saturated heterocycles. The molecule has 100 valence electrons. The van der Waals surface area contributed by atoms with Crippen LogP contribution in [0.25, 0.3) is 0 Å². The van der Waals surface area contributed by atoms with Crippen LogP contribution < -0.4 is 5.32 Å². The molecule has 5 heteroatoms. The van der Waals surface area contributed by atoms with Gasteiger partial charge in [-0.05, 0) is 48.7 Å². The zero-order valence-electron chi connectivity index (χ0n) is 10.8. The molecule has 0 spiro atoms. The minimum absolute atomic E-state index is 0.112. The molecule has 2 rings (SSSR count). The number of thiophene rings is 1. The van der Waals surface area contributed by atoms with Gasteiger partial charge in [-0.3, -0.25) is 10.1 Å². The second-order valence-electron chi connectivity index (χ2n) is 4.81. The summed E-state index contributed by atoms with van der Waals surface area (Å²) in [6, 6.07) is 2.21. The smallest absolute Gasteiger partial charge is 0.239 e. The second-order valence-corrected chi connectivity index (χ2v) is 6.67. The van der Waals surface area contributed by atoms with Crippen molar-refractivity contribution in [1.29, 1.82) is 0 Å². The molecule has 3 nitrogen and oxygen atoms in total. The van der Waals surface area contributed by atoms with Crippen molar-refractivity contribution >= 4 is 33.2 Å². The Hall–Kier alpha value is -0.390. The highest BCUT2D eigenvalue weighted by molar-refractivity contribution is 9.10. The second kappa shape index (κ2) is 6.17. The molecular formula is C13H19BrN2OS. The van der Waals surface area contributed by atoms with E-state index in [-0.39, 0.29) is 18.0 Å². The van der Waals surface area contributed by atoms with Crippen molar-refractivity contribution in [3.8, 4) is 0 Å². The Morgan fingerprint density at radius 2 is 2.11 bits per heavy atom. The number of amides is 1. The number of hydrogen-bond acceptors (Lipinski definition) is 3. The molecule has 1 aromatic rings. The van der Waals surface area contributed by atoms with Gasteiger partial charge in [-0.15, -0.1) is 11.3 Å². The van der Waals surface area contributed by atoms with E-state index in [1.165, 1.54) is 4.88 Å². The summed E-state index contributed by atoms with van der Waals surface area (Å²) >= 11 is 5.17. The van der Waals surface area contributed by atoms with Crippen LogP contribution in [-0.2, 0) is 4.79 Å². The van der Waals surface area contributed by atoms with Gasteiger partial charge in [0, 0.05) is 33.9 Å². The van der Waals surface area contributed by atoms with Gasteiger partial charge < -0.3 is 4.90 Å². The summed E-state index contributed by atoms with van der Waals surface area (Å²) in [4.78, 5) is 15.4. The van der Waals surface area contributed by atoms with E-state index in [4.69, 9.17) is 0 Å². The fraction of sp³-hybridized carbons (Fsp3) is 0.615. The first-order valence-corrected chi connectivity index (χ1v) is 8.04. The van der Waals surface area contributed by atoms with Gasteiger partial charge >= 0.3 is 0 Å². The zero-order valence-corrected chi connectivity index (χ0v) is 13.2. The first-order valence-electron chi connectivity index (χ1n) is 6.36. The summed E-state index contributed by atoms with van der Waals surface area (Å²) in [5.74, 6) is 0.231. The Labute approximate surface area is 121 Å². The van der Waals surface area contributed by atoms with Crippen LogP contribution in [0.2, 0.25) is 0 Å². The van der Waals surface area contributed by atoms with Crippen LogP contribution in [0.5, 0.6) is 0 Å². The highest BCUT2D eigenvalue weighted by atomic mass is 79.9. The van der Waals surface area contributed by atoms with Crippen LogP contribution in [-0.4, -0.2) is 29.9 Å². The summed E-state index contributed by atoms with van der Waals surface area (Å²) in [6.07, 6.45) is 2.29. The van der Waals surface area contributed by atoms with E-state index in [2.05, 4.69) is 39.6 Å². The number of nitrogens with one attached hydrogen (secondary N) is 1. The molecule has 18 heavy (non-hydrogen) atoms. The first-order chi connectivity index (χ1) is 8.58. The van der Waals surface area contributed by atoms with Crippen LogP contribution in [0, 0.1) is 0 Å². The molecule has 0 aromatic carbocycles. The topological polar surface area (TPSA) is 32.3 Å². The van der Waals surface area contributed by atoms with Crippen molar-refractivity contribution in [1.82, 2.24) is 10.2 Å². The molecule has 1 aliphatic rings. The Balaban J connectivity index is 1.90. The lowest BCUT2D eigenvalue weighted by atomic mass is 10.2. The summed E-state index contributed by atoms with van der Waals surface area (Å²) in [6.45, 7) is 5.90. The molecule has 1 aromatic heterocycles. The van der Waals surface area contributed by atoms with Crippen LogP contribution in [0.15, 0.2) is 15.9 Å². The maximum absolute atomic E-state index is 12.2. The molecule has 2 heterocycles. The lowest BCUT2D eigenvalue weighted by molar-refractivity contribution is -0.132. The average Bonchev–Trinajstić information content (AvgIpc) is 2.98. The van der Waals surface area contributed by atoms with Crippen LogP contribution >= 0.6 is 27.3 Å². The van der Waals surface area contributed by atoms with E-state index in [1.54, 1.807) is 11.3 Å². The van der Waals surface area contributed by atoms with Crippen molar-refractivity contribution in [2.24, 2.45) is 0 Å². The Bertz CT molecular complexity index is 415. The van der Waals surface area contributed by atoms with E-state index >= 15 is 0 Å². The minimum atomic E-state index is -0.112. The van der Waals surface area contributed by atoms with Gasteiger partial charge in [0.15, 0.2) is 0 Å². The fourth-order valence-electron chi connectivity index (χ4n) is 2.30. The third-order valence-corrected chi connectivity index (χ3v) is 5.18. The molecule has 2 unspecified atom stereocenters. The molecular weight excluding hydrogens is 312 g/mol. The average molecular weight is 331 g/mol. The van der Waals surface area contributed by atoms with Gasteiger partial charge in [0.25, 0.3) is 0 Å². The largest absolute Gasteiger partial charge is 0.341 e. The van der Waals surface area contributed by atoms with Crippen LogP contribution in [0.1, 0.15) is 37.6 Å². The van der Waals surface area contributed by atoms with Crippen molar-refractivity contribution < 1.29 is 4.79 Å². The van der Waals surface area contributed by atoms with Gasteiger partial charge in [-0.25, -0.2) is 0 Å². The highest BCUT2D eigenvalue weighted by Gasteiger charge is 2.24. The SMILES string of the molecule is CC(NC(C)c1cc(Br)cs1)C(=O)N1CCCC1. The summed E-state index contributed by atoms with van der Waals surface area (Å²) in [7, 11) is 0. The molecule has 0 bridgehead atoms. The third kappa shape index (κ3) is 3.33. The monoisotopic (exact) mass is 330 g/mol. The van der Waals surface area contributed by atoms with Crippen LogP contribution in [0.4, 0.5) is 0 Å². The number of nitrogens with zero attached hydrogens (tertiary/aromatic N) is 1. The standard InChI is InChI=1S/C13H19BrN2OS/c1-9(12-7-11(14)8-18-12)15-10(2)13(17)16-5-3-4-6-16/h7-10,15H,3-6H2,1-2H3. The third-order valence-electron chi connectivity index (χ3n) is 3.30. The van der Waals surface area contributed by atoms with Gasteiger partial charge in [-0.1, -0.05) is 0 Å². The lowest BCUT2D eigenvalue weighted by Crippen LogP contribution is -2.44. The van der Waals surface area contributed by atoms with Gasteiger partial charge in [0.05, 0.1) is 6.04 Å². The Morgan fingerprint density at radius 1 is 1.44 bits per heavy atom. The molecule has 1 fully saturated rings. The predicted octanol–water partition coefficient (Wildman–Crippen LogP) is 3.17. The Morgan fingerprint density at radius 3 is 2.67 bits per heavy atom. The highest BCUT2D eigenvalue weighted by Crippen LogP contribution is 2.25. The number of halogens is 1. The van der Waals surface area contributed by atoms with E-state index < -0.39 is 0 Å². The molecule has 0 aliphatic carbocycles. The van der Waals surface area contributed by atoms with Gasteiger partial charge in [0.1, 0.15) is 0 Å². The van der Waals surface area contributed by atoms with E-state index in [1.807, 2.05) is 11.8 Å². The van der Waals surface area contributed by atoms with Crippen molar-refractivity contribution in [3.63, 3.8) is 0 Å². The summed E-state index contributed by atoms with van der Waals surface area (Å²) in [5, 5.41) is 5.45. The van der Waals surface area contributed by atoms with Crippen molar-refractivity contribution in [3.05, 3.63) is 20.8 Å². The maximum Gasteiger partial charge on any atom is 0.239 e. The Kier molecular flexibility index (Phi) is 4.81. The first kappa shape index (κ1) is 14.0. The van der Waals surface area contributed by atoms with Gasteiger partial charge in [-0.2, -0.15) is 0 Å². The van der Waals surface area contributed by atoms with Crippen molar-refractivity contribution in [2.75, 3.05) is 13.1 Å². The van der Waals surface area contributed by atoms with E-state index in [9.17, 15) is 4.79 Å². The van der Waals surface area contributed by atoms with E-state index in [0.29, 0.717) is 0 Å². The minimum Gasteiger partial charge on any atom is -0.341 e. The zero-order chi connectivity index (χ0) is 13.1. The molecule has 0 saturated carbocycles. The fourth-order valence-corrected chi connectivity index (χ4v) is 3.76. The number of likely N-dealkylation sites (tertiary alicyclic amines) is 1. The van der Waals surface area contributed by atoms with Crippen molar-refractivity contribution in [2.45, 2.75) is 38.8 Å². The summed E-state index contributed by atoms with van der Waals surface area (Å²) < 4.78 is 1.11. The molecule has 1 N–H and O–H groups in total. The molecule has 2 atom stereocenters.